The van der Waals surface area contributed by atoms with Gasteiger partial charge in [0.05, 0.1) is 6.42 Å². The number of hydrogen-bond acceptors (Lipinski definition) is 4. The third-order valence-corrected chi connectivity index (χ3v) is 5.62. The molecule has 1 rings (SSSR count). The van der Waals surface area contributed by atoms with Crippen molar-refractivity contribution in [2.24, 2.45) is 5.92 Å². The molecule has 4 nitrogen and oxygen atoms in total. The van der Waals surface area contributed by atoms with Crippen molar-refractivity contribution < 1.29 is 13.2 Å². The van der Waals surface area contributed by atoms with Crippen LogP contribution in [0.2, 0.25) is 0 Å². The summed E-state index contributed by atoms with van der Waals surface area (Å²) in [6.45, 7) is 6.15. The SMILES string of the molecule is CC(C)CC(C)NC(=O)Cc1ccc(S(=O)(=O)Cl)s1. The molecule has 1 N–H and O–H groups in total. The van der Waals surface area contributed by atoms with Crippen LogP contribution in [0.5, 0.6) is 0 Å². The summed E-state index contributed by atoms with van der Waals surface area (Å²) in [5.41, 5.74) is 0. The molecule has 0 aromatic carbocycles. The molecule has 1 heterocycles. The Balaban J connectivity index is 2.56. The van der Waals surface area contributed by atoms with Crippen molar-refractivity contribution in [2.75, 3.05) is 0 Å². The zero-order valence-electron chi connectivity index (χ0n) is 11.1. The minimum Gasteiger partial charge on any atom is -0.353 e. The van der Waals surface area contributed by atoms with E-state index in [0.717, 1.165) is 17.8 Å². The first-order valence-corrected chi connectivity index (χ1v) is 9.13. The van der Waals surface area contributed by atoms with E-state index >= 15 is 0 Å². The summed E-state index contributed by atoms with van der Waals surface area (Å²) in [7, 11) is 1.53. The molecule has 0 radical (unpaired) electrons. The Kier molecular flexibility index (Phi) is 5.82. The Hall–Kier alpha value is -0.590. The van der Waals surface area contributed by atoms with Crippen LogP contribution >= 0.6 is 22.0 Å². The molecular formula is C12H18ClNO3S2. The van der Waals surface area contributed by atoms with Crippen molar-refractivity contribution in [3.8, 4) is 0 Å². The van der Waals surface area contributed by atoms with Crippen LogP contribution in [0.1, 0.15) is 32.1 Å². The Bertz CT molecular complexity index is 537. The first kappa shape index (κ1) is 16.5. The lowest BCUT2D eigenvalue weighted by atomic mass is 10.1. The van der Waals surface area contributed by atoms with Gasteiger partial charge in [0.1, 0.15) is 4.21 Å². The van der Waals surface area contributed by atoms with Crippen molar-refractivity contribution in [1.29, 1.82) is 0 Å². The topological polar surface area (TPSA) is 63.2 Å². The lowest BCUT2D eigenvalue weighted by molar-refractivity contribution is -0.121. The maximum atomic E-state index is 11.8. The predicted molar refractivity (Wildman–Crippen MR) is 78.1 cm³/mol. The van der Waals surface area contributed by atoms with Crippen molar-refractivity contribution in [2.45, 2.75) is 43.9 Å². The summed E-state index contributed by atoms with van der Waals surface area (Å²) in [6.07, 6.45) is 1.09. The van der Waals surface area contributed by atoms with Crippen molar-refractivity contribution >= 4 is 37.0 Å². The molecule has 1 aromatic rings. The third-order valence-electron chi connectivity index (χ3n) is 2.44. The molecule has 0 aliphatic rings. The van der Waals surface area contributed by atoms with E-state index < -0.39 is 9.05 Å². The minimum absolute atomic E-state index is 0.0761. The Morgan fingerprint density at radius 1 is 1.37 bits per heavy atom. The molecule has 0 saturated heterocycles. The van der Waals surface area contributed by atoms with E-state index in [0.29, 0.717) is 10.8 Å². The highest BCUT2D eigenvalue weighted by atomic mass is 35.7. The van der Waals surface area contributed by atoms with Crippen molar-refractivity contribution in [3.05, 3.63) is 17.0 Å². The van der Waals surface area contributed by atoms with Crippen LogP contribution in [0.25, 0.3) is 0 Å². The van der Waals surface area contributed by atoms with Gasteiger partial charge in [0, 0.05) is 21.6 Å². The lowest BCUT2D eigenvalue weighted by Gasteiger charge is -2.15. The Labute approximate surface area is 122 Å². The molecule has 0 saturated carbocycles. The second-order valence-electron chi connectivity index (χ2n) is 4.93. The number of carbonyl (C=O) groups excluding carboxylic acids is 1. The summed E-state index contributed by atoms with van der Waals surface area (Å²) in [4.78, 5) is 12.5. The van der Waals surface area contributed by atoms with E-state index in [9.17, 15) is 13.2 Å². The summed E-state index contributed by atoms with van der Waals surface area (Å²) in [5, 5.41) is 2.89. The van der Waals surface area contributed by atoms with Gasteiger partial charge in [0.2, 0.25) is 5.91 Å². The van der Waals surface area contributed by atoms with E-state index in [-0.39, 0.29) is 22.6 Å². The van der Waals surface area contributed by atoms with Gasteiger partial charge in [0.15, 0.2) is 0 Å². The van der Waals surface area contributed by atoms with Gasteiger partial charge >= 0.3 is 0 Å². The molecule has 1 aromatic heterocycles. The summed E-state index contributed by atoms with van der Waals surface area (Å²) in [6, 6.07) is 3.16. The Morgan fingerprint density at radius 3 is 2.47 bits per heavy atom. The number of amides is 1. The van der Waals surface area contributed by atoms with E-state index in [2.05, 4.69) is 19.2 Å². The van der Waals surface area contributed by atoms with Gasteiger partial charge in [0.25, 0.3) is 9.05 Å². The molecular weight excluding hydrogens is 306 g/mol. The van der Waals surface area contributed by atoms with Gasteiger partial charge < -0.3 is 5.32 Å². The molecule has 1 atom stereocenters. The Morgan fingerprint density at radius 2 is 2.00 bits per heavy atom. The fourth-order valence-electron chi connectivity index (χ4n) is 1.83. The molecule has 0 fully saturated rings. The summed E-state index contributed by atoms with van der Waals surface area (Å²) >= 11 is 1.03. The van der Waals surface area contributed by atoms with Gasteiger partial charge in [-0.25, -0.2) is 8.42 Å². The van der Waals surface area contributed by atoms with Gasteiger partial charge in [-0.05, 0) is 31.4 Å². The maximum Gasteiger partial charge on any atom is 0.270 e. The molecule has 1 amide bonds. The predicted octanol–water partition coefficient (Wildman–Crippen LogP) is 2.77. The second kappa shape index (κ2) is 6.72. The maximum absolute atomic E-state index is 11.8. The zero-order chi connectivity index (χ0) is 14.6. The van der Waals surface area contributed by atoms with E-state index in [1.807, 2.05) is 6.92 Å². The highest BCUT2D eigenvalue weighted by Crippen LogP contribution is 2.25. The third kappa shape index (κ3) is 5.93. The quantitative estimate of drug-likeness (QED) is 0.819. The zero-order valence-corrected chi connectivity index (χ0v) is 13.5. The largest absolute Gasteiger partial charge is 0.353 e. The number of nitrogens with one attached hydrogen (secondary N) is 1. The molecule has 7 heteroatoms. The molecule has 19 heavy (non-hydrogen) atoms. The van der Waals surface area contributed by atoms with Crippen LogP contribution in [-0.2, 0) is 20.3 Å². The lowest BCUT2D eigenvalue weighted by Crippen LogP contribution is -2.34. The first-order valence-electron chi connectivity index (χ1n) is 6.01. The minimum atomic E-state index is -3.70. The van der Waals surface area contributed by atoms with Crippen LogP contribution in [0.15, 0.2) is 16.3 Å². The van der Waals surface area contributed by atoms with Crippen LogP contribution in [0, 0.1) is 5.92 Å². The highest BCUT2D eigenvalue weighted by Gasteiger charge is 2.15. The number of hydrogen-bond donors (Lipinski definition) is 1. The smallest absolute Gasteiger partial charge is 0.270 e. The molecule has 0 spiro atoms. The number of halogens is 1. The van der Waals surface area contributed by atoms with Gasteiger partial charge in [-0.2, -0.15) is 0 Å². The molecule has 0 aliphatic carbocycles. The van der Waals surface area contributed by atoms with Crippen LogP contribution in [0.3, 0.4) is 0 Å². The highest BCUT2D eigenvalue weighted by molar-refractivity contribution is 8.15. The van der Waals surface area contributed by atoms with Crippen molar-refractivity contribution in [3.63, 3.8) is 0 Å². The standard InChI is InChI=1S/C12H18ClNO3S2/c1-8(2)6-9(3)14-11(15)7-10-4-5-12(18-10)19(13,16)17/h4-5,8-9H,6-7H2,1-3H3,(H,14,15). The fourth-order valence-corrected chi connectivity index (χ4v) is 3.96. The summed E-state index contributed by atoms with van der Waals surface area (Å²) in [5.74, 6) is 0.415. The molecule has 108 valence electrons. The van der Waals surface area contributed by atoms with Gasteiger partial charge in [-0.3, -0.25) is 4.79 Å². The van der Waals surface area contributed by atoms with Crippen LogP contribution in [-0.4, -0.2) is 20.4 Å². The van der Waals surface area contributed by atoms with Gasteiger partial charge in [-0.15, -0.1) is 11.3 Å². The summed E-state index contributed by atoms with van der Waals surface area (Å²) < 4.78 is 22.3. The normalized spacial score (nSPS) is 13.5. The van der Waals surface area contributed by atoms with E-state index in [1.54, 1.807) is 6.07 Å². The average molecular weight is 324 g/mol. The van der Waals surface area contributed by atoms with Crippen LogP contribution < -0.4 is 5.32 Å². The average Bonchev–Trinajstić information content (AvgIpc) is 2.63. The van der Waals surface area contributed by atoms with Gasteiger partial charge in [-0.1, -0.05) is 13.8 Å². The molecule has 0 aliphatic heterocycles. The van der Waals surface area contributed by atoms with Crippen LogP contribution in [0.4, 0.5) is 0 Å². The monoisotopic (exact) mass is 323 g/mol. The van der Waals surface area contributed by atoms with Crippen molar-refractivity contribution in [1.82, 2.24) is 5.32 Å². The first-order chi connectivity index (χ1) is 8.68. The number of carbonyl (C=O) groups is 1. The molecule has 0 bridgehead atoms. The van der Waals surface area contributed by atoms with E-state index in [1.165, 1.54) is 6.07 Å². The number of rotatable bonds is 6. The molecule has 1 unspecified atom stereocenters. The fraction of sp³-hybridized carbons (Fsp3) is 0.583. The van der Waals surface area contributed by atoms with E-state index in [4.69, 9.17) is 10.7 Å². The second-order valence-corrected chi connectivity index (χ2v) is 8.89. The number of thiophene rings is 1.